The van der Waals surface area contributed by atoms with Gasteiger partial charge in [-0.15, -0.1) is 11.6 Å². The highest BCUT2D eigenvalue weighted by Gasteiger charge is 2.23. The van der Waals surface area contributed by atoms with E-state index in [4.69, 9.17) is 27.9 Å². The fourth-order valence-electron chi connectivity index (χ4n) is 1.28. The van der Waals surface area contributed by atoms with E-state index in [0.717, 1.165) is 5.56 Å². The average Bonchev–Trinajstić information content (AvgIpc) is 2.30. The van der Waals surface area contributed by atoms with Gasteiger partial charge in [0, 0.05) is 10.6 Å². The summed E-state index contributed by atoms with van der Waals surface area (Å²) in [5, 5.41) is -0.386. The molecule has 0 aromatic heterocycles. The van der Waals surface area contributed by atoms with Gasteiger partial charge in [-0.05, 0) is 24.6 Å². The third-order valence-electron chi connectivity index (χ3n) is 2.19. The fraction of sp³-hybridized carbons (Fsp3) is 0.364. The summed E-state index contributed by atoms with van der Waals surface area (Å²) in [6, 6.07) is 3.35. The van der Waals surface area contributed by atoms with E-state index in [2.05, 4.69) is 4.74 Å². The van der Waals surface area contributed by atoms with E-state index in [1.54, 1.807) is 12.1 Å². The summed E-state index contributed by atoms with van der Waals surface area (Å²) in [7, 11) is 2.78. The highest BCUT2D eigenvalue weighted by atomic mass is 35.5. The molecule has 0 aliphatic rings. The number of methoxy groups -OCH3 is 2. The molecule has 1 aromatic rings. The molecule has 0 amide bonds. The van der Waals surface area contributed by atoms with Gasteiger partial charge in [0.1, 0.15) is 5.75 Å². The van der Waals surface area contributed by atoms with Crippen molar-refractivity contribution in [2.45, 2.75) is 12.3 Å². The van der Waals surface area contributed by atoms with Crippen LogP contribution < -0.4 is 4.74 Å². The lowest BCUT2D eigenvalue weighted by atomic mass is 10.1. The molecule has 1 rings (SSSR count). The van der Waals surface area contributed by atoms with Gasteiger partial charge in [-0.1, -0.05) is 11.6 Å². The van der Waals surface area contributed by atoms with Gasteiger partial charge >= 0.3 is 5.97 Å². The summed E-state index contributed by atoms with van der Waals surface area (Å²) in [4.78, 5) is 11.3. The fourth-order valence-corrected chi connectivity index (χ4v) is 1.71. The van der Waals surface area contributed by atoms with E-state index in [9.17, 15) is 4.79 Å². The number of esters is 1. The summed E-state index contributed by atoms with van der Waals surface area (Å²) < 4.78 is 9.71. The topological polar surface area (TPSA) is 35.5 Å². The Morgan fingerprint density at radius 3 is 2.50 bits per heavy atom. The Morgan fingerprint density at radius 2 is 2.00 bits per heavy atom. The lowest BCUT2D eigenvalue weighted by molar-refractivity contribution is -0.140. The first kappa shape index (κ1) is 13.1. The molecule has 0 radical (unpaired) electrons. The van der Waals surface area contributed by atoms with Crippen LogP contribution in [0.2, 0.25) is 5.02 Å². The maximum absolute atomic E-state index is 11.3. The number of carbonyl (C=O) groups excluding carboxylic acids is 1. The zero-order valence-electron chi connectivity index (χ0n) is 9.21. The van der Waals surface area contributed by atoms with Crippen molar-refractivity contribution in [2.75, 3.05) is 14.2 Å². The molecule has 0 spiro atoms. The summed E-state index contributed by atoms with van der Waals surface area (Å²) in [5.74, 6) is -0.0211. The Morgan fingerprint density at radius 1 is 1.38 bits per heavy atom. The van der Waals surface area contributed by atoms with Gasteiger partial charge in [0.2, 0.25) is 0 Å². The van der Waals surface area contributed by atoms with Crippen molar-refractivity contribution in [1.29, 1.82) is 0 Å². The summed E-state index contributed by atoms with van der Waals surface area (Å²) >= 11 is 11.9. The van der Waals surface area contributed by atoms with Gasteiger partial charge in [0.25, 0.3) is 0 Å². The summed E-state index contributed by atoms with van der Waals surface area (Å²) in [5.41, 5.74) is 1.36. The first-order valence-corrected chi connectivity index (χ1v) is 5.38. The Balaban J connectivity index is 3.21. The largest absolute Gasteiger partial charge is 0.496 e. The Labute approximate surface area is 104 Å². The van der Waals surface area contributed by atoms with Crippen LogP contribution in [0.25, 0.3) is 0 Å². The van der Waals surface area contributed by atoms with Crippen LogP contribution in [-0.2, 0) is 9.53 Å². The molecule has 0 aliphatic heterocycles. The lowest BCUT2D eigenvalue weighted by Crippen LogP contribution is -2.10. The molecule has 0 N–H and O–H groups in total. The highest BCUT2D eigenvalue weighted by Crippen LogP contribution is 2.34. The van der Waals surface area contributed by atoms with Crippen LogP contribution in [0.3, 0.4) is 0 Å². The molecule has 0 saturated heterocycles. The van der Waals surface area contributed by atoms with Crippen LogP contribution in [0.15, 0.2) is 12.1 Å². The monoisotopic (exact) mass is 262 g/mol. The standard InChI is InChI=1S/C11H12Cl2O3/c1-6-4-9(15-2)7(5-8(6)12)10(13)11(14)16-3/h4-5,10H,1-3H3. The zero-order chi connectivity index (χ0) is 12.3. The second kappa shape index (κ2) is 5.41. The van der Waals surface area contributed by atoms with E-state index in [1.165, 1.54) is 14.2 Å². The molecular formula is C11H12Cl2O3. The molecule has 0 bridgehead atoms. The number of halogens is 2. The second-order valence-electron chi connectivity index (χ2n) is 3.23. The van der Waals surface area contributed by atoms with Crippen molar-refractivity contribution in [2.24, 2.45) is 0 Å². The summed E-state index contributed by atoms with van der Waals surface area (Å²) in [6.07, 6.45) is 0. The third kappa shape index (κ3) is 2.60. The van der Waals surface area contributed by atoms with Crippen molar-refractivity contribution >= 4 is 29.2 Å². The first-order chi connectivity index (χ1) is 7.51. The molecule has 88 valence electrons. The molecule has 1 atom stereocenters. The van der Waals surface area contributed by atoms with Gasteiger partial charge < -0.3 is 9.47 Å². The maximum Gasteiger partial charge on any atom is 0.328 e. The van der Waals surface area contributed by atoms with Gasteiger partial charge in [-0.2, -0.15) is 0 Å². The molecule has 3 nitrogen and oxygen atoms in total. The number of rotatable bonds is 3. The van der Waals surface area contributed by atoms with Crippen molar-refractivity contribution in [1.82, 2.24) is 0 Å². The number of aryl methyl sites for hydroxylation is 1. The van der Waals surface area contributed by atoms with Gasteiger partial charge in [0.05, 0.1) is 14.2 Å². The van der Waals surface area contributed by atoms with Crippen LogP contribution in [0, 0.1) is 6.92 Å². The predicted octanol–water partition coefficient (Wildman–Crippen LogP) is 3.11. The normalized spacial score (nSPS) is 12.1. The Kier molecular flexibility index (Phi) is 4.44. The number of hydrogen-bond donors (Lipinski definition) is 0. The maximum atomic E-state index is 11.3. The van der Waals surface area contributed by atoms with Crippen molar-refractivity contribution in [3.05, 3.63) is 28.3 Å². The molecule has 0 fully saturated rings. The number of alkyl halides is 1. The van der Waals surface area contributed by atoms with Crippen molar-refractivity contribution in [3.8, 4) is 5.75 Å². The first-order valence-electron chi connectivity index (χ1n) is 4.57. The van der Waals surface area contributed by atoms with E-state index in [1.807, 2.05) is 6.92 Å². The molecule has 1 unspecified atom stereocenters. The van der Waals surface area contributed by atoms with Crippen LogP contribution in [0.1, 0.15) is 16.5 Å². The minimum absolute atomic E-state index is 0.506. The van der Waals surface area contributed by atoms with Gasteiger partial charge in [-0.25, -0.2) is 0 Å². The molecule has 0 saturated carbocycles. The molecule has 5 heteroatoms. The Bertz CT molecular complexity index is 404. The predicted molar refractivity (Wildman–Crippen MR) is 63.4 cm³/mol. The van der Waals surface area contributed by atoms with Crippen LogP contribution in [0.5, 0.6) is 5.75 Å². The molecule has 1 aromatic carbocycles. The van der Waals surface area contributed by atoms with E-state index in [0.29, 0.717) is 16.3 Å². The minimum Gasteiger partial charge on any atom is -0.496 e. The number of hydrogen-bond acceptors (Lipinski definition) is 3. The quantitative estimate of drug-likeness (QED) is 0.621. The highest BCUT2D eigenvalue weighted by molar-refractivity contribution is 6.32. The van der Waals surface area contributed by atoms with Gasteiger partial charge in [0.15, 0.2) is 5.38 Å². The van der Waals surface area contributed by atoms with Crippen LogP contribution >= 0.6 is 23.2 Å². The van der Waals surface area contributed by atoms with E-state index in [-0.39, 0.29) is 0 Å². The molecule has 0 heterocycles. The molecular weight excluding hydrogens is 251 g/mol. The molecule has 0 aliphatic carbocycles. The third-order valence-corrected chi connectivity index (χ3v) is 3.01. The number of ether oxygens (including phenoxy) is 2. The summed E-state index contributed by atoms with van der Waals surface area (Å²) in [6.45, 7) is 1.84. The minimum atomic E-state index is -0.918. The van der Waals surface area contributed by atoms with Gasteiger partial charge in [-0.3, -0.25) is 4.79 Å². The number of carbonyl (C=O) groups is 1. The van der Waals surface area contributed by atoms with Crippen molar-refractivity contribution in [3.63, 3.8) is 0 Å². The lowest BCUT2D eigenvalue weighted by Gasteiger charge is -2.13. The molecule has 16 heavy (non-hydrogen) atoms. The second-order valence-corrected chi connectivity index (χ2v) is 4.07. The van der Waals surface area contributed by atoms with Crippen molar-refractivity contribution < 1.29 is 14.3 Å². The smallest absolute Gasteiger partial charge is 0.328 e. The number of benzene rings is 1. The van der Waals surface area contributed by atoms with E-state index >= 15 is 0 Å². The van der Waals surface area contributed by atoms with Crippen LogP contribution in [0.4, 0.5) is 0 Å². The van der Waals surface area contributed by atoms with Crippen LogP contribution in [-0.4, -0.2) is 20.2 Å². The average molecular weight is 263 g/mol. The zero-order valence-corrected chi connectivity index (χ0v) is 10.7. The SMILES string of the molecule is COC(=O)C(Cl)c1cc(Cl)c(C)cc1OC. The van der Waals surface area contributed by atoms with E-state index < -0.39 is 11.3 Å². The Hall–Kier alpha value is -0.930.